The fourth-order valence-electron chi connectivity index (χ4n) is 3.67. The fraction of sp³-hybridized carbons (Fsp3) is 0.250. The monoisotopic (exact) mass is 424 g/mol. The van der Waals surface area contributed by atoms with E-state index in [1.165, 1.54) is 18.1 Å². The van der Waals surface area contributed by atoms with Gasteiger partial charge in [0.05, 0.1) is 22.3 Å². The summed E-state index contributed by atoms with van der Waals surface area (Å²) >= 11 is 1.43. The standard InChI is InChI=1S/C20H20N6O3S/c21-15-4-2-10-1-3-11(7-13(10)25-15)29-8-14-16(27)17(28)20(30-14)26-6-5-12-18(22)23-9-24-19(12)26/h1-7,9,14,16-17,20,27-28H,8H2,(H2,21,25)(H2,22,23,24)/t14?,16-,17-,20-/m1/s1. The number of pyridine rings is 1. The summed E-state index contributed by atoms with van der Waals surface area (Å²) in [6.07, 6.45) is 1.25. The largest absolute Gasteiger partial charge is 0.492 e. The van der Waals surface area contributed by atoms with Gasteiger partial charge < -0.3 is 31.0 Å². The Morgan fingerprint density at radius 2 is 1.90 bits per heavy atom. The number of ether oxygens (including phenoxy) is 1. The van der Waals surface area contributed by atoms with Gasteiger partial charge in [0.1, 0.15) is 47.4 Å². The fourth-order valence-corrected chi connectivity index (χ4v) is 5.12. The lowest BCUT2D eigenvalue weighted by Crippen LogP contribution is -2.34. The zero-order valence-electron chi connectivity index (χ0n) is 15.8. The maximum Gasteiger partial charge on any atom is 0.146 e. The Labute approximate surface area is 175 Å². The molecular weight excluding hydrogens is 404 g/mol. The molecule has 4 atom stereocenters. The molecule has 5 rings (SSSR count). The third kappa shape index (κ3) is 3.18. The van der Waals surface area contributed by atoms with Crippen LogP contribution in [-0.4, -0.2) is 53.8 Å². The van der Waals surface area contributed by atoms with E-state index < -0.39 is 17.6 Å². The summed E-state index contributed by atoms with van der Waals surface area (Å²) < 4.78 is 7.72. The predicted octanol–water partition coefficient (Wildman–Crippen LogP) is 1.56. The summed E-state index contributed by atoms with van der Waals surface area (Å²) in [5, 5.41) is 22.2. The first kappa shape index (κ1) is 18.9. The van der Waals surface area contributed by atoms with Crippen molar-refractivity contribution in [2.24, 2.45) is 0 Å². The van der Waals surface area contributed by atoms with Gasteiger partial charge in [-0.3, -0.25) is 0 Å². The van der Waals surface area contributed by atoms with Crippen LogP contribution >= 0.6 is 11.8 Å². The third-order valence-electron chi connectivity index (χ3n) is 5.25. The average Bonchev–Trinajstić information content (AvgIpc) is 3.29. The van der Waals surface area contributed by atoms with Crippen LogP contribution in [0.3, 0.4) is 0 Å². The molecule has 1 fully saturated rings. The summed E-state index contributed by atoms with van der Waals surface area (Å²) in [6, 6.07) is 11.0. The van der Waals surface area contributed by atoms with Gasteiger partial charge in [0.2, 0.25) is 0 Å². The lowest BCUT2D eigenvalue weighted by atomic mass is 10.1. The van der Waals surface area contributed by atoms with Crippen molar-refractivity contribution in [1.82, 2.24) is 19.5 Å². The van der Waals surface area contributed by atoms with Gasteiger partial charge in [0.25, 0.3) is 0 Å². The van der Waals surface area contributed by atoms with Crippen molar-refractivity contribution in [3.63, 3.8) is 0 Å². The number of hydrogen-bond donors (Lipinski definition) is 4. The molecule has 4 aromatic rings. The molecule has 1 saturated heterocycles. The topological polar surface area (TPSA) is 145 Å². The number of thioether (sulfide) groups is 1. The molecule has 9 nitrogen and oxygen atoms in total. The van der Waals surface area contributed by atoms with E-state index in [0.717, 1.165) is 10.9 Å². The number of rotatable bonds is 4. The highest BCUT2D eigenvalue weighted by Gasteiger charge is 2.44. The molecule has 154 valence electrons. The molecule has 1 aliphatic rings. The smallest absolute Gasteiger partial charge is 0.146 e. The average molecular weight is 424 g/mol. The van der Waals surface area contributed by atoms with E-state index in [1.54, 1.807) is 12.3 Å². The Balaban J connectivity index is 1.34. The normalized spacial score (nSPS) is 23.9. The van der Waals surface area contributed by atoms with E-state index in [0.29, 0.717) is 28.4 Å². The lowest BCUT2D eigenvalue weighted by molar-refractivity contribution is 0.0128. The molecule has 30 heavy (non-hydrogen) atoms. The number of benzene rings is 1. The molecule has 0 spiro atoms. The molecule has 4 heterocycles. The molecule has 10 heteroatoms. The minimum absolute atomic E-state index is 0.226. The molecule has 0 radical (unpaired) electrons. The highest BCUT2D eigenvalue weighted by atomic mass is 32.2. The molecule has 0 bridgehead atoms. The Morgan fingerprint density at radius 3 is 2.77 bits per heavy atom. The van der Waals surface area contributed by atoms with Gasteiger partial charge in [-0.15, -0.1) is 11.8 Å². The van der Waals surface area contributed by atoms with Crippen LogP contribution in [0.4, 0.5) is 11.6 Å². The van der Waals surface area contributed by atoms with E-state index in [9.17, 15) is 10.2 Å². The number of fused-ring (bicyclic) bond motifs is 2. The number of aliphatic hydroxyl groups is 2. The van der Waals surface area contributed by atoms with E-state index in [-0.39, 0.29) is 11.9 Å². The van der Waals surface area contributed by atoms with Gasteiger partial charge >= 0.3 is 0 Å². The van der Waals surface area contributed by atoms with Crippen LogP contribution in [0, 0.1) is 0 Å². The van der Waals surface area contributed by atoms with Gasteiger partial charge in [0, 0.05) is 17.6 Å². The summed E-state index contributed by atoms with van der Waals surface area (Å²) in [6.45, 7) is 0.226. The number of aromatic nitrogens is 4. The second kappa shape index (κ2) is 7.31. The lowest BCUT2D eigenvalue weighted by Gasteiger charge is -2.17. The molecule has 1 aromatic carbocycles. The Kier molecular flexibility index (Phi) is 4.61. The van der Waals surface area contributed by atoms with Gasteiger partial charge in [-0.1, -0.05) is 0 Å². The molecular formula is C20H20N6O3S. The van der Waals surface area contributed by atoms with E-state index in [2.05, 4.69) is 15.0 Å². The molecule has 0 saturated carbocycles. The molecule has 3 aromatic heterocycles. The first-order valence-electron chi connectivity index (χ1n) is 9.39. The van der Waals surface area contributed by atoms with Gasteiger partial charge in [-0.05, 0) is 30.3 Å². The maximum atomic E-state index is 10.7. The van der Waals surface area contributed by atoms with Crippen LogP contribution in [0.1, 0.15) is 5.37 Å². The highest BCUT2D eigenvalue weighted by Crippen LogP contribution is 2.43. The van der Waals surface area contributed by atoms with Crippen molar-refractivity contribution in [3.8, 4) is 5.75 Å². The van der Waals surface area contributed by atoms with Gasteiger partial charge in [0.15, 0.2) is 0 Å². The number of aliphatic hydroxyl groups excluding tert-OH is 2. The first-order valence-corrected chi connectivity index (χ1v) is 10.3. The van der Waals surface area contributed by atoms with Crippen molar-refractivity contribution in [3.05, 3.63) is 48.9 Å². The second-order valence-electron chi connectivity index (χ2n) is 7.17. The van der Waals surface area contributed by atoms with Crippen LogP contribution in [0.25, 0.3) is 21.9 Å². The zero-order chi connectivity index (χ0) is 20.8. The van der Waals surface area contributed by atoms with E-state index in [1.807, 2.05) is 34.9 Å². The second-order valence-corrected chi connectivity index (χ2v) is 8.53. The Hall–Kier alpha value is -3.08. The molecule has 0 amide bonds. The van der Waals surface area contributed by atoms with Crippen molar-refractivity contribution in [2.45, 2.75) is 22.8 Å². The Morgan fingerprint density at radius 1 is 1.07 bits per heavy atom. The maximum absolute atomic E-state index is 10.7. The van der Waals surface area contributed by atoms with Crippen molar-refractivity contribution >= 4 is 45.3 Å². The van der Waals surface area contributed by atoms with Crippen LogP contribution in [0.5, 0.6) is 5.75 Å². The summed E-state index contributed by atoms with van der Waals surface area (Å²) in [4.78, 5) is 12.6. The zero-order valence-corrected chi connectivity index (χ0v) is 16.6. The molecule has 6 N–H and O–H groups in total. The number of anilines is 2. The van der Waals surface area contributed by atoms with Crippen LogP contribution < -0.4 is 16.2 Å². The SMILES string of the molecule is Nc1ccc2ccc(OCC3S[C@@H](n4ccc5c(N)ncnc54)[C@H](O)[C@@H]3O)cc2n1. The summed E-state index contributed by atoms with van der Waals surface area (Å²) in [5.41, 5.74) is 13.0. The van der Waals surface area contributed by atoms with E-state index in [4.69, 9.17) is 16.2 Å². The van der Waals surface area contributed by atoms with Gasteiger partial charge in [-0.25, -0.2) is 15.0 Å². The summed E-state index contributed by atoms with van der Waals surface area (Å²) in [5.74, 6) is 1.44. The highest BCUT2D eigenvalue weighted by molar-refractivity contribution is 8.00. The molecule has 1 aliphatic heterocycles. The van der Waals surface area contributed by atoms with Crippen molar-refractivity contribution in [2.75, 3.05) is 18.1 Å². The van der Waals surface area contributed by atoms with Gasteiger partial charge in [-0.2, -0.15) is 0 Å². The minimum Gasteiger partial charge on any atom is -0.492 e. The third-order valence-corrected chi connectivity index (χ3v) is 6.80. The Bertz CT molecular complexity index is 1230. The molecule has 1 unspecified atom stereocenters. The molecule has 0 aliphatic carbocycles. The quantitative estimate of drug-likeness (QED) is 0.383. The summed E-state index contributed by atoms with van der Waals surface area (Å²) in [7, 11) is 0. The van der Waals surface area contributed by atoms with Crippen LogP contribution in [0.2, 0.25) is 0 Å². The number of nitrogen functional groups attached to an aromatic ring is 2. The van der Waals surface area contributed by atoms with Crippen LogP contribution in [-0.2, 0) is 0 Å². The van der Waals surface area contributed by atoms with Crippen LogP contribution in [0.15, 0.2) is 48.9 Å². The number of hydrogen-bond acceptors (Lipinski definition) is 9. The number of nitrogens with two attached hydrogens (primary N) is 2. The van der Waals surface area contributed by atoms with E-state index >= 15 is 0 Å². The minimum atomic E-state index is -0.978. The van der Waals surface area contributed by atoms with Crippen molar-refractivity contribution < 1.29 is 14.9 Å². The predicted molar refractivity (Wildman–Crippen MR) is 116 cm³/mol. The number of nitrogens with zero attached hydrogens (tertiary/aromatic N) is 4. The first-order chi connectivity index (χ1) is 14.5. The van der Waals surface area contributed by atoms with Crippen molar-refractivity contribution in [1.29, 1.82) is 0 Å².